The van der Waals surface area contributed by atoms with Crippen LogP contribution in [0.5, 0.6) is 0 Å². The minimum atomic E-state index is -0.833. The summed E-state index contributed by atoms with van der Waals surface area (Å²) in [6.07, 6.45) is 0. The van der Waals surface area contributed by atoms with Gasteiger partial charge in [0.2, 0.25) is 0 Å². The number of anilines is 1. The SMILES string of the molecule is Cc1c(NC(=O)COC(=O)c2c(-c3ccccc3)c3ccccc3c(=O)n2C)c(=O)n(-c2ccccc2)n1C. The van der Waals surface area contributed by atoms with Crippen molar-refractivity contribution in [2.24, 2.45) is 14.1 Å². The van der Waals surface area contributed by atoms with E-state index in [0.29, 0.717) is 27.7 Å². The van der Waals surface area contributed by atoms with Gasteiger partial charge >= 0.3 is 5.97 Å². The Morgan fingerprint density at radius 1 is 0.795 bits per heavy atom. The van der Waals surface area contributed by atoms with Crippen molar-refractivity contribution < 1.29 is 14.3 Å². The van der Waals surface area contributed by atoms with Crippen molar-refractivity contribution in [1.82, 2.24) is 13.9 Å². The van der Waals surface area contributed by atoms with E-state index in [4.69, 9.17) is 4.74 Å². The maximum atomic E-state index is 13.4. The van der Waals surface area contributed by atoms with Crippen LogP contribution in [0.4, 0.5) is 5.69 Å². The summed E-state index contributed by atoms with van der Waals surface area (Å²) in [4.78, 5) is 52.3. The van der Waals surface area contributed by atoms with Crippen molar-refractivity contribution in [3.8, 4) is 16.8 Å². The van der Waals surface area contributed by atoms with Gasteiger partial charge in [0.25, 0.3) is 17.0 Å². The summed E-state index contributed by atoms with van der Waals surface area (Å²) < 4.78 is 9.70. The highest BCUT2D eigenvalue weighted by Crippen LogP contribution is 2.30. The van der Waals surface area contributed by atoms with Crippen LogP contribution in [0.15, 0.2) is 94.5 Å². The molecule has 0 unspecified atom stereocenters. The van der Waals surface area contributed by atoms with Crippen LogP contribution in [0.3, 0.4) is 0 Å². The van der Waals surface area contributed by atoms with E-state index < -0.39 is 24.0 Å². The zero-order chi connectivity index (χ0) is 27.7. The molecule has 196 valence electrons. The van der Waals surface area contributed by atoms with Gasteiger partial charge in [-0.2, -0.15) is 0 Å². The molecule has 0 aliphatic heterocycles. The average Bonchev–Trinajstić information content (AvgIpc) is 3.17. The van der Waals surface area contributed by atoms with E-state index in [2.05, 4.69) is 5.32 Å². The van der Waals surface area contributed by atoms with Crippen LogP contribution < -0.4 is 16.4 Å². The number of fused-ring (bicyclic) bond motifs is 1. The number of pyridine rings is 1. The Kier molecular flexibility index (Phi) is 6.72. The second kappa shape index (κ2) is 10.3. The number of hydrogen-bond acceptors (Lipinski definition) is 5. The van der Waals surface area contributed by atoms with Crippen molar-refractivity contribution in [3.63, 3.8) is 0 Å². The van der Waals surface area contributed by atoms with E-state index in [1.54, 1.807) is 55.1 Å². The lowest BCUT2D eigenvalue weighted by atomic mass is 9.97. The van der Waals surface area contributed by atoms with Crippen LogP contribution in [0.1, 0.15) is 16.2 Å². The fourth-order valence-electron chi connectivity index (χ4n) is 4.69. The van der Waals surface area contributed by atoms with Gasteiger partial charge in [-0.15, -0.1) is 0 Å². The van der Waals surface area contributed by atoms with Crippen LogP contribution >= 0.6 is 0 Å². The lowest BCUT2D eigenvalue weighted by molar-refractivity contribution is -0.119. The van der Waals surface area contributed by atoms with Gasteiger partial charge in [-0.25, -0.2) is 9.48 Å². The summed E-state index contributed by atoms with van der Waals surface area (Å²) >= 11 is 0. The smallest absolute Gasteiger partial charge is 0.356 e. The minimum absolute atomic E-state index is 0.0278. The molecule has 5 aromatic rings. The zero-order valence-corrected chi connectivity index (χ0v) is 21.7. The molecule has 1 N–H and O–H groups in total. The summed E-state index contributed by atoms with van der Waals surface area (Å²) in [7, 11) is 3.21. The van der Waals surface area contributed by atoms with E-state index >= 15 is 0 Å². The number of para-hydroxylation sites is 1. The predicted octanol–water partition coefficient (Wildman–Crippen LogP) is 3.80. The zero-order valence-electron chi connectivity index (χ0n) is 21.7. The normalized spacial score (nSPS) is 10.9. The first-order chi connectivity index (χ1) is 18.8. The van der Waals surface area contributed by atoms with E-state index in [9.17, 15) is 19.2 Å². The molecule has 2 heterocycles. The van der Waals surface area contributed by atoms with Crippen molar-refractivity contribution in [2.45, 2.75) is 6.92 Å². The molecule has 5 rings (SSSR count). The molecule has 0 saturated carbocycles. The largest absolute Gasteiger partial charge is 0.451 e. The third-order valence-corrected chi connectivity index (χ3v) is 6.71. The van der Waals surface area contributed by atoms with Crippen molar-refractivity contribution in [3.05, 3.63) is 117 Å². The van der Waals surface area contributed by atoms with Gasteiger partial charge in [0.05, 0.1) is 11.4 Å². The van der Waals surface area contributed by atoms with Gasteiger partial charge < -0.3 is 14.6 Å². The summed E-state index contributed by atoms with van der Waals surface area (Å²) in [6.45, 7) is 1.06. The first kappa shape index (κ1) is 25.5. The molecule has 2 aromatic heterocycles. The van der Waals surface area contributed by atoms with Crippen LogP contribution in [-0.2, 0) is 23.6 Å². The predicted molar refractivity (Wildman–Crippen MR) is 149 cm³/mol. The molecule has 3 aromatic carbocycles. The molecule has 0 aliphatic rings. The number of benzene rings is 3. The van der Waals surface area contributed by atoms with E-state index in [0.717, 1.165) is 5.56 Å². The molecule has 0 aliphatic carbocycles. The second-order valence-electron chi connectivity index (χ2n) is 9.06. The van der Waals surface area contributed by atoms with Gasteiger partial charge in [0.1, 0.15) is 11.4 Å². The summed E-state index contributed by atoms with van der Waals surface area (Å²) in [5, 5.41) is 3.64. The molecule has 0 spiro atoms. The molecular weight excluding hydrogens is 496 g/mol. The number of aromatic nitrogens is 3. The van der Waals surface area contributed by atoms with E-state index in [1.807, 2.05) is 48.5 Å². The maximum Gasteiger partial charge on any atom is 0.356 e. The first-order valence-corrected chi connectivity index (χ1v) is 12.3. The summed E-state index contributed by atoms with van der Waals surface area (Å²) in [5.74, 6) is -1.51. The average molecular weight is 523 g/mol. The van der Waals surface area contributed by atoms with Crippen molar-refractivity contribution in [1.29, 1.82) is 0 Å². The Morgan fingerprint density at radius 3 is 2.05 bits per heavy atom. The monoisotopic (exact) mass is 522 g/mol. The first-order valence-electron chi connectivity index (χ1n) is 12.3. The third kappa shape index (κ3) is 4.54. The molecule has 0 fully saturated rings. The Bertz CT molecular complexity index is 1830. The highest BCUT2D eigenvalue weighted by molar-refractivity contribution is 6.07. The number of carbonyl (C=O) groups is 2. The number of nitrogens with one attached hydrogen (secondary N) is 1. The molecule has 0 atom stereocenters. The van der Waals surface area contributed by atoms with Gasteiger partial charge in [0.15, 0.2) is 6.61 Å². The number of amides is 1. The van der Waals surface area contributed by atoms with Gasteiger partial charge in [0, 0.05) is 25.0 Å². The highest BCUT2D eigenvalue weighted by atomic mass is 16.5. The highest BCUT2D eigenvalue weighted by Gasteiger charge is 2.24. The Labute approximate surface area is 223 Å². The van der Waals surface area contributed by atoms with Crippen LogP contribution in [0, 0.1) is 6.92 Å². The quantitative estimate of drug-likeness (QED) is 0.342. The summed E-state index contributed by atoms with van der Waals surface area (Å²) in [6, 6.07) is 25.3. The van der Waals surface area contributed by atoms with Gasteiger partial charge in [-0.3, -0.25) is 19.1 Å². The summed E-state index contributed by atoms with van der Waals surface area (Å²) in [5.41, 5.74) is 1.78. The molecule has 9 nitrogen and oxygen atoms in total. The van der Waals surface area contributed by atoms with E-state index in [1.165, 1.54) is 16.3 Å². The lowest BCUT2D eigenvalue weighted by Gasteiger charge is -2.16. The van der Waals surface area contributed by atoms with Crippen molar-refractivity contribution in [2.75, 3.05) is 11.9 Å². The number of esters is 1. The fourth-order valence-corrected chi connectivity index (χ4v) is 4.69. The number of nitrogens with zero attached hydrogens (tertiary/aromatic N) is 3. The molecule has 1 amide bonds. The standard InChI is InChI=1S/C30H26N4O5/c1-19-26(29(37)34(33(19)3)21-14-8-5-9-15-21)31-24(35)18-39-30(38)27-25(20-12-6-4-7-13-20)22-16-10-11-17-23(22)28(36)32(27)2/h4-17H,18H2,1-3H3,(H,31,35). The Morgan fingerprint density at radius 2 is 1.38 bits per heavy atom. The van der Waals surface area contributed by atoms with Crippen LogP contribution in [0.25, 0.3) is 27.6 Å². The topological polar surface area (TPSA) is 104 Å². The fraction of sp³-hybridized carbons (Fsp3) is 0.133. The molecule has 39 heavy (non-hydrogen) atoms. The number of carbonyl (C=O) groups excluding carboxylic acids is 2. The van der Waals surface area contributed by atoms with E-state index in [-0.39, 0.29) is 16.9 Å². The van der Waals surface area contributed by atoms with Crippen LogP contribution in [0.2, 0.25) is 0 Å². The number of ether oxygens (including phenoxy) is 1. The van der Waals surface area contributed by atoms with Crippen molar-refractivity contribution >= 4 is 28.3 Å². The molecule has 0 radical (unpaired) electrons. The lowest BCUT2D eigenvalue weighted by Crippen LogP contribution is -2.29. The third-order valence-electron chi connectivity index (χ3n) is 6.71. The molecule has 0 bridgehead atoms. The number of hydrogen-bond donors (Lipinski definition) is 1. The van der Waals surface area contributed by atoms with Gasteiger partial charge in [-0.05, 0) is 36.1 Å². The Hall–Kier alpha value is -5.18. The maximum absolute atomic E-state index is 13.4. The number of rotatable bonds is 6. The second-order valence-corrected chi connectivity index (χ2v) is 9.06. The molecule has 9 heteroatoms. The Balaban J connectivity index is 1.44. The molecular formula is C30H26N4O5. The minimum Gasteiger partial charge on any atom is -0.451 e. The molecule has 0 saturated heterocycles. The van der Waals surface area contributed by atoms with Crippen LogP contribution in [-0.4, -0.2) is 32.4 Å². The van der Waals surface area contributed by atoms with Gasteiger partial charge in [-0.1, -0.05) is 66.7 Å².